The largest absolute Gasteiger partial charge is 0.381 e. The van der Waals surface area contributed by atoms with Crippen LogP contribution in [0.25, 0.3) is 0 Å². The van der Waals surface area contributed by atoms with E-state index in [-0.39, 0.29) is 0 Å². The van der Waals surface area contributed by atoms with Gasteiger partial charge in [-0.1, -0.05) is 30.3 Å². The third-order valence-corrected chi connectivity index (χ3v) is 4.96. The molecule has 22 heavy (non-hydrogen) atoms. The second-order valence-electron chi connectivity index (χ2n) is 6.39. The normalized spacial score (nSPS) is 24.3. The minimum absolute atomic E-state index is 0.349. The molecule has 1 atom stereocenters. The number of hydrogen-bond donors (Lipinski definition) is 0. The van der Waals surface area contributed by atoms with E-state index in [1.165, 1.54) is 10.4 Å². The fraction of sp³-hybridized carbons (Fsp3) is 0.562. The van der Waals surface area contributed by atoms with Crippen LogP contribution in [0.3, 0.4) is 0 Å². The summed E-state index contributed by atoms with van der Waals surface area (Å²) in [5.41, 5.74) is 1.74. The predicted molar refractivity (Wildman–Crippen MR) is 80.9 cm³/mol. The smallest absolute Gasteiger partial charge is 0.188 e. The summed E-state index contributed by atoms with van der Waals surface area (Å²) in [5.74, 6) is 0.797. The highest BCUT2D eigenvalue weighted by atomic mass is 16.5. The van der Waals surface area contributed by atoms with Gasteiger partial charge in [0.05, 0.1) is 13.6 Å². The molecule has 1 spiro atoms. The average Bonchev–Trinajstić information content (AvgIpc) is 2.94. The topological polar surface area (TPSA) is 56.1 Å². The third-order valence-electron chi connectivity index (χ3n) is 4.96. The molecule has 2 aliphatic rings. The Morgan fingerprint density at radius 1 is 1.23 bits per heavy atom. The van der Waals surface area contributed by atoms with E-state index in [2.05, 4.69) is 50.6 Å². The molecule has 4 rings (SSSR count). The number of rotatable bonds is 3. The molecule has 0 radical (unpaired) electrons. The van der Waals surface area contributed by atoms with Gasteiger partial charge in [-0.2, -0.15) is 4.80 Å². The minimum atomic E-state index is 0.349. The van der Waals surface area contributed by atoms with Crippen molar-refractivity contribution in [3.63, 3.8) is 0 Å². The fourth-order valence-corrected chi connectivity index (χ4v) is 3.98. The van der Waals surface area contributed by atoms with Gasteiger partial charge in [-0.15, -0.1) is 10.2 Å². The molecule has 0 saturated carbocycles. The van der Waals surface area contributed by atoms with Crippen molar-refractivity contribution in [2.45, 2.75) is 25.4 Å². The molecule has 1 aromatic carbocycles. The first-order valence-electron chi connectivity index (χ1n) is 7.86. The van der Waals surface area contributed by atoms with E-state index in [9.17, 15) is 0 Å². The van der Waals surface area contributed by atoms with Crippen LogP contribution >= 0.6 is 0 Å². The van der Waals surface area contributed by atoms with E-state index < -0.39 is 0 Å². The maximum atomic E-state index is 5.59. The van der Waals surface area contributed by atoms with Crippen LogP contribution in [0.1, 0.15) is 30.3 Å². The van der Waals surface area contributed by atoms with Crippen molar-refractivity contribution < 1.29 is 4.74 Å². The first-order valence-corrected chi connectivity index (χ1v) is 7.86. The summed E-state index contributed by atoms with van der Waals surface area (Å²) in [6.07, 6.45) is 2.27. The van der Waals surface area contributed by atoms with E-state index in [4.69, 9.17) is 4.74 Å². The number of ether oxygens (including phenoxy) is 1. The van der Waals surface area contributed by atoms with Crippen LogP contribution in [0.4, 0.5) is 0 Å². The van der Waals surface area contributed by atoms with Gasteiger partial charge in [0.1, 0.15) is 0 Å². The number of tetrazole rings is 1. The number of benzene rings is 1. The second-order valence-corrected chi connectivity index (χ2v) is 6.39. The highest BCUT2D eigenvalue weighted by Crippen LogP contribution is 2.54. The number of likely N-dealkylation sites (tertiary alicyclic amines) is 1. The second kappa shape index (κ2) is 5.44. The van der Waals surface area contributed by atoms with Gasteiger partial charge in [-0.3, -0.25) is 4.90 Å². The van der Waals surface area contributed by atoms with E-state index >= 15 is 0 Å². The Morgan fingerprint density at radius 2 is 2.00 bits per heavy atom. The third kappa shape index (κ3) is 2.32. The summed E-state index contributed by atoms with van der Waals surface area (Å²) in [6.45, 7) is 3.60. The van der Waals surface area contributed by atoms with Crippen molar-refractivity contribution in [3.05, 3.63) is 41.7 Å². The Hall–Kier alpha value is -1.79. The van der Waals surface area contributed by atoms with E-state index in [1.807, 2.05) is 0 Å². The van der Waals surface area contributed by atoms with Crippen LogP contribution in [-0.4, -0.2) is 44.9 Å². The Bertz CT molecular complexity index is 635. The molecule has 2 aliphatic heterocycles. The number of aromatic nitrogens is 4. The Morgan fingerprint density at radius 3 is 2.68 bits per heavy atom. The predicted octanol–water partition coefficient (Wildman–Crippen LogP) is 1.56. The van der Waals surface area contributed by atoms with Gasteiger partial charge >= 0.3 is 0 Å². The monoisotopic (exact) mass is 299 g/mol. The van der Waals surface area contributed by atoms with Crippen LogP contribution in [0, 0.1) is 5.41 Å². The molecule has 3 heterocycles. The summed E-state index contributed by atoms with van der Waals surface area (Å²) in [7, 11) is 1.81. The molecule has 1 unspecified atom stereocenters. The molecule has 2 aromatic rings. The Kier molecular flexibility index (Phi) is 3.43. The molecule has 0 N–H and O–H groups in total. The maximum Gasteiger partial charge on any atom is 0.188 e. The SMILES string of the molecule is Cn1nnc(CN2CC3(CCOCC3)C2c2ccccc2)n1. The number of aryl methyl sites for hydroxylation is 1. The number of nitrogens with zero attached hydrogens (tertiary/aromatic N) is 5. The minimum Gasteiger partial charge on any atom is -0.381 e. The van der Waals surface area contributed by atoms with E-state index in [1.54, 1.807) is 7.05 Å². The molecule has 2 fully saturated rings. The van der Waals surface area contributed by atoms with Crippen LogP contribution < -0.4 is 0 Å². The summed E-state index contributed by atoms with van der Waals surface area (Å²) < 4.78 is 5.59. The zero-order chi connectivity index (χ0) is 15.0. The van der Waals surface area contributed by atoms with Crippen LogP contribution in [0.2, 0.25) is 0 Å². The molecule has 6 heteroatoms. The molecule has 6 nitrogen and oxygen atoms in total. The van der Waals surface area contributed by atoms with Crippen LogP contribution in [0.5, 0.6) is 0 Å². The van der Waals surface area contributed by atoms with Crippen molar-refractivity contribution in [1.82, 2.24) is 25.1 Å². The van der Waals surface area contributed by atoms with Crippen LogP contribution in [-0.2, 0) is 18.3 Å². The fourth-order valence-electron chi connectivity index (χ4n) is 3.98. The molecular formula is C16H21N5O. The first-order chi connectivity index (χ1) is 10.8. The summed E-state index contributed by atoms with van der Waals surface area (Å²) in [4.78, 5) is 3.99. The lowest BCUT2D eigenvalue weighted by Gasteiger charge is -2.59. The van der Waals surface area contributed by atoms with Gasteiger partial charge in [0.15, 0.2) is 5.82 Å². The lowest BCUT2D eigenvalue weighted by atomic mass is 9.64. The first kappa shape index (κ1) is 13.8. The van der Waals surface area contributed by atoms with Crippen molar-refractivity contribution >= 4 is 0 Å². The Balaban J connectivity index is 1.59. The molecule has 0 amide bonds. The Labute approximate surface area is 130 Å². The van der Waals surface area contributed by atoms with E-state index in [0.29, 0.717) is 11.5 Å². The quantitative estimate of drug-likeness (QED) is 0.861. The van der Waals surface area contributed by atoms with E-state index in [0.717, 1.165) is 45.0 Å². The molecule has 1 aromatic heterocycles. The summed E-state index contributed by atoms with van der Waals surface area (Å²) in [5, 5.41) is 12.4. The molecule has 116 valence electrons. The van der Waals surface area contributed by atoms with Gasteiger partial charge in [0.2, 0.25) is 0 Å². The van der Waals surface area contributed by atoms with Crippen LogP contribution in [0.15, 0.2) is 30.3 Å². The lowest BCUT2D eigenvalue weighted by molar-refractivity contribution is -0.140. The molecule has 0 bridgehead atoms. The summed E-state index contributed by atoms with van der Waals surface area (Å²) in [6, 6.07) is 11.2. The average molecular weight is 299 g/mol. The molecular weight excluding hydrogens is 278 g/mol. The summed E-state index contributed by atoms with van der Waals surface area (Å²) >= 11 is 0. The van der Waals surface area contributed by atoms with Crippen molar-refractivity contribution in [2.75, 3.05) is 19.8 Å². The van der Waals surface area contributed by atoms with Gasteiger partial charge < -0.3 is 4.74 Å². The molecule has 0 aliphatic carbocycles. The zero-order valence-electron chi connectivity index (χ0n) is 12.9. The zero-order valence-corrected chi connectivity index (χ0v) is 12.9. The van der Waals surface area contributed by atoms with Crippen molar-refractivity contribution in [2.24, 2.45) is 12.5 Å². The van der Waals surface area contributed by atoms with Gasteiger partial charge in [-0.05, 0) is 23.6 Å². The number of hydrogen-bond acceptors (Lipinski definition) is 5. The van der Waals surface area contributed by atoms with Gasteiger partial charge in [0, 0.05) is 31.2 Å². The maximum absolute atomic E-state index is 5.59. The standard InChI is InChI=1S/C16H21N5O/c1-20-18-14(17-19-20)11-21-12-16(7-9-22-10-8-16)15(21)13-5-3-2-4-6-13/h2-6,15H,7-12H2,1H3. The van der Waals surface area contributed by atoms with Crippen molar-refractivity contribution in [1.29, 1.82) is 0 Å². The highest BCUT2D eigenvalue weighted by molar-refractivity contribution is 5.26. The molecule has 2 saturated heterocycles. The van der Waals surface area contributed by atoms with Gasteiger partial charge in [0.25, 0.3) is 0 Å². The highest BCUT2D eigenvalue weighted by Gasteiger charge is 2.53. The van der Waals surface area contributed by atoms with Crippen molar-refractivity contribution in [3.8, 4) is 0 Å². The lowest BCUT2D eigenvalue weighted by Crippen LogP contribution is -2.60. The van der Waals surface area contributed by atoms with Gasteiger partial charge in [-0.25, -0.2) is 0 Å².